The highest BCUT2D eigenvalue weighted by Crippen LogP contribution is 2.44. The predicted molar refractivity (Wildman–Crippen MR) is 133 cm³/mol. The minimum Gasteiger partial charge on any atom is -0.484 e. The summed E-state index contributed by atoms with van der Waals surface area (Å²) >= 11 is 3.48. The molecule has 3 aromatic rings. The van der Waals surface area contributed by atoms with E-state index in [1.807, 2.05) is 32.0 Å². The molecule has 1 aromatic heterocycles. The molecule has 0 spiro atoms. The summed E-state index contributed by atoms with van der Waals surface area (Å²) in [5.41, 5.74) is 3.32. The molecule has 1 saturated heterocycles. The molecule has 0 unspecified atom stereocenters. The van der Waals surface area contributed by atoms with Crippen molar-refractivity contribution in [2.75, 3.05) is 32.8 Å². The third-order valence-electron chi connectivity index (χ3n) is 6.80. The van der Waals surface area contributed by atoms with Crippen LogP contribution in [0.15, 0.2) is 40.9 Å². The maximum atomic E-state index is 13.4. The lowest BCUT2D eigenvalue weighted by molar-refractivity contribution is -0.134. The van der Waals surface area contributed by atoms with Crippen LogP contribution in [0.4, 0.5) is 0 Å². The van der Waals surface area contributed by atoms with Gasteiger partial charge in [0.05, 0.1) is 5.56 Å². The Labute approximate surface area is 211 Å². The van der Waals surface area contributed by atoms with Gasteiger partial charge in [-0.05, 0) is 35.9 Å². The molecule has 2 aromatic carbocycles. The smallest absolute Gasteiger partial charge is 0.336 e. The van der Waals surface area contributed by atoms with Gasteiger partial charge >= 0.3 is 10.3 Å². The van der Waals surface area contributed by atoms with Crippen LogP contribution >= 0.6 is 15.9 Å². The van der Waals surface area contributed by atoms with Gasteiger partial charge in [-0.2, -0.15) is 12.7 Å². The summed E-state index contributed by atoms with van der Waals surface area (Å²) in [6.45, 7) is 4.28. The number of nitrogens with zero attached hydrogens (tertiary/aromatic N) is 2. The second-order valence-electron chi connectivity index (χ2n) is 9.27. The molecule has 2 aliphatic rings. The monoisotopic (exact) mass is 561 g/mol. The van der Waals surface area contributed by atoms with Gasteiger partial charge < -0.3 is 14.6 Å². The van der Waals surface area contributed by atoms with E-state index < -0.39 is 15.7 Å². The largest absolute Gasteiger partial charge is 0.484 e. The molecule has 9 nitrogen and oxygen atoms in total. The lowest BCUT2D eigenvalue weighted by Gasteiger charge is -2.33. The first-order chi connectivity index (χ1) is 16.5. The molecule has 2 N–H and O–H groups in total. The third-order valence-corrected chi connectivity index (χ3v) is 8.31. The highest BCUT2D eigenvalue weighted by molar-refractivity contribution is 9.10. The lowest BCUT2D eigenvalue weighted by Crippen LogP contribution is -2.51. The highest BCUT2D eigenvalue weighted by Gasteiger charge is 2.40. The molecular weight excluding hydrogens is 538 g/mol. The number of hydrogen-bond donors (Lipinski definition) is 2. The molecular formula is C24H24BrN3O6S. The van der Waals surface area contributed by atoms with Crippen LogP contribution in [-0.2, 0) is 20.5 Å². The fourth-order valence-corrected chi connectivity index (χ4v) is 5.86. The van der Waals surface area contributed by atoms with Gasteiger partial charge in [0.1, 0.15) is 5.75 Å². The summed E-state index contributed by atoms with van der Waals surface area (Å²) in [5.74, 6) is 0.135. The summed E-state index contributed by atoms with van der Waals surface area (Å²) < 4.78 is 39.2. The number of piperazine rings is 1. The minimum atomic E-state index is -4.26. The van der Waals surface area contributed by atoms with Crippen LogP contribution in [0.2, 0.25) is 0 Å². The number of ketones is 1. The van der Waals surface area contributed by atoms with Crippen LogP contribution in [0, 0.1) is 0 Å². The van der Waals surface area contributed by atoms with Gasteiger partial charge in [0.25, 0.3) is 5.91 Å². The topological polar surface area (TPSA) is 120 Å². The van der Waals surface area contributed by atoms with E-state index in [9.17, 15) is 18.0 Å². The fraction of sp³-hybridized carbons (Fsp3) is 0.333. The summed E-state index contributed by atoms with van der Waals surface area (Å²) in [6, 6.07) is 11.0. The number of carbonyl (C=O) groups is 2. The van der Waals surface area contributed by atoms with Crippen molar-refractivity contribution in [3.05, 3.63) is 63.3 Å². The second kappa shape index (κ2) is 8.44. The van der Waals surface area contributed by atoms with Crippen LogP contribution in [-0.4, -0.2) is 71.6 Å². The zero-order chi connectivity index (χ0) is 25.1. The summed E-state index contributed by atoms with van der Waals surface area (Å²) in [6.07, 6.45) is 0. The number of amides is 1. The van der Waals surface area contributed by atoms with Crippen molar-refractivity contribution in [3.8, 4) is 5.75 Å². The van der Waals surface area contributed by atoms with Crippen LogP contribution in [0.3, 0.4) is 0 Å². The molecule has 0 saturated carbocycles. The summed E-state index contributed by atoms with van der Waals surface area (Å²) in [4.78, 5) is 31.0. The number of ether oxygens (including phenoxy) is 1. The molecule has 184 valence electrons. The first-order valence-corrected chi connectivity index (χ1v) is 13.3. The van der Waals surface area contributed by atoms with Gasteiger partial charge in [0, 0.05) is 58.2 Å². The van der Waals surface area contributed by atoms with E-state index in [2.05, 4.69) is 20.9 Å². The molecule has 11 heteroatoms. The highest BCUT2D eigenvalue weighted by atomic mass is 79.9. The minimum absolute atomic E-state index is 0.0309. The van der Waals surface area contributed by atoms with Crippen LogP contribution < -0.4 is 4.74 Å². The van der Waals surface area contributed by atoms with Gasteiger partial charge in [0.15, 0.2) is 12.4 Å². The van der Waals surface area contributed by atoms with E-state index in [-0.39, 0.29) is 44.5 Å². The van der Waals surface area contributed by atoms with Gasteiger partial charge in [-0.15, -0.1) is 0 Å². The fourth-order valence-electron chi connectivity index (χ4n) is 4.88. The zero-order valence-corrected chi connectivity index (χ0v) is 21.6. The Hall–Kier alpha value is -2.73. The van der Waals surface area contributed by atoms with Gasteiger partial charge in [-0.25, -0.2) is 0 Å². The maximum absolute atomic E-state index is 13.4. The Kier molecular flexibility index (Phi) is 5.78. The number of halogens is 1. The molecule has 1 aliphatic heterocycles. The predicted octanol–water partition coefficient (Wildman–Crippen LogP) is 3.13. The maximum Gasteiger partial charge on any atom is 0.336 e. The molecule has 5 rings (SSSR count). The van der Waals surface area contributed by atoms with Crippen LogP contribution in [0.5, 0.6) is 5.75 Å². The SMILES string of the molecule is CC1(C)c2cc(OCC(=O)N3CCN(S(=O)(=O)O)CC3)ccc2C(=O)c2c1[nH]c1cc(Br)ccc21. The Morgan fingerprint density at radius 1 is 1.14 bits per heavy atom. The normalized spacial score (nSPS) is 17.8. The number of fused-ring (bicyclic) bond motifs is 4. The van der Waals surface area contributed by atoms with Crippen LogP contribution in [0.25, 0.3) is 10.9 Å². The van der Waals surface area contributed by atoms with E-state index in [0.717, 1.165) is 30.9 Å². The van der Waals surface area contributed by atoms with E-state index in [1.165, 1.54) is 4.90 Å². The van der Waals surface area contributed by atoms with E-state index in [0.29, 0.717) is 16.9 Å². The van der Waals surface area contributed by atoms with Crippen molar-refractivity contribution in [2.45, 2.75) is 19.3 Å². The average molecular weight is 562 g/mol. The van der Waals surface area contributed by atoms with Crippen molar-refractivity contribution >= 4 is 48.8 Å². The zero-order valence-electron chi connectivity index (χ0n) is 19.2. The molecule has 1 fully saturated rings. The number of rotatable bonds is 4. The molecule has 2 heterocycles. The number of H-pyrrole nitrogens is 1. The Morgan fingerprint density at radius 2 is 1.86 bits per heavy atom. The van der Waals surface area contributed by atoms with Crippen molar-refractivity contribution in [3.63, 3.8) is 0 Å². The van der Waals surface area contributed by atoms with Gasteiger partial charge in [-0.1, -0.05) is 35.8 Å². The molecule has 0 bridgehead atoms. The number of aromatic nitrogens is 1. The number of hydrogen-bond acceptors (Lipinski definition) is 5. The first kappa shape index (κ1) is 24.0. The van der Waals surface area contributed by atoms with Crippen molar-refractivity contribution < 1.29 is 27.3 Å². The van der Waals surface area contributed by atoms with E-state index in [1.54, 1.807) is 18.2 Å². The second-order valence-corrected chi connectivity index (χ2v) is 11.6. The number of benzene rings is 2. The summed E-state index contributed by atoms with van der Waals surface area (Å²) in [7, 11) is -4.26. The first-order valence-electron chi connectivity index (χ1n) is 11.1. The summed E-state index contributed by atoms with van der Waals surface area (Å²) in [5, 5.41) is 0.881. The molecule has 1 amide bonds. The Morgan fingerprint density at radius 3 is 2.54 bits per heavy atom. The lowest BCUT2D eigenvalue weighted by atomic mass is 9.71. The van der Waals surface area contributed by atoms with Gasteiger partial charge in [0.2, 0.25) is 0 Å². The standard InChI is InChI=1S/C24H24BrN3O6S/c1-24(2)18-12-15(34-13-20(29)27-7-9-28(10-8-27)35(31,32)33)4-6-16(18)22(30)21-17-5-3-14(25)11-19(17)26-23(21)24/h3-6,11-12,26H,7-10,13H2,1-2H3,(H,31,32,33). The third kappa shape index (κ3) is 4.16. The van der Waals surface area contributed by atoms with Crippen LogP contribution in [0.1, 0.15) is 41.0 Å². The van der Waals surface area contributed by atoms with E-state index >= 15 is 0 Å². The van der Waals surface area contributed by atoms with Gasteiger partial charge in [-0.3, -0.25) is 14.1 Å². The number of nitrogens with one attached hydrogen (secondary N) is 1. The Bertz CT molecular complexity index is 1470. The van der Waals surface area contributed by atoms with Crippen molar-refractivity contribution in [1.82, 2.24) is 14.2 Å². The van der Waals surface area contributed by atoms with Crippen molar-refractivity contribution in [2.24, 2.45) is 0 Å². The quantitative estimate of drug-likeness (QED) is 0.472. The number of carbonyl (C=O) groups excluding carboxylic acids is 2. The Balaban J connectivity index is 1.35. The van der Waals surface area contributed by atoms with Crippen molar-refractivity contribution in [1.29, 1.82) is 0 Å². The number of aromatic amines is 1. The molecule has 0 atom stereocenters. The van der Waals surface area contributed by atoms with E-state index in [4.69, 9.17) is 9.29 Å². The molecule has 0 radical (unpaired) electrons. The average Bonchev–Trinajstić information content (AvgIpc) is 3.20. The molecule has 1 aliphatic carbocycles. The molecule has 35 heavy (non-hydrogen) atoms.